The van der Waals surface area contributed by atoms with Gasteiger partial charge in [-0.25, -0.2) is 0 Å². The highest BCUT2D eigenvalue weighted by molar-refractivity contribution is 6.64. The zero-order valence-corrected chi connectivity index (χ0v) is 7.45. The van der Waals surface area contributed by atoms with Gasteiger partial charge in [0.05, 0.1) is 0 Å². The van der Waals surface area contributed by atoms with E-state index in [1.165, 1.54) is 18.9 Å². The first-order valence-electron chi connectivity index (χ1n) is 3.43. The van der Waals surface area contributed by atoms with Crippen molar-refractivity contribution in [3.05, 3.63) is 0 Å². The molecule has 0 N–H and O–H groups in total. The first-order chi connectivity index (χ1) is 4.30. The van der Waals surface area contributed by atoms with Gasteiger partial charge in [-0.15, -0.1) is 11.6 Å². The smallest absolute Gasteiger partial charge is 0.229 e. The molecule has 53 valence electrons. The van der Waals surface area contributed by atoms with Crippen molar-refractivity contribution in [2.75, 3.05) is 6.61 Å². The average Bonchev–Trinajstić information content (AvgIpc) is 1.90. The molecule has 1 heterocycles. The van der Waals surface area contributed by atoms with E-state index in [9.17, 15) is 0 Å². The van der Waals surface area contributed by atoms with Gasteiger partial charge in [-0.2, -0.15) is 0 Å². The normalized spacial score (nSPS) is 26.0. The topological polar surface area (TPSA) is 9.23 Å². The van der Waals surface area contributed by atoms with Crippen molar-refractivity contribution >= 4 is 20.6 Å². The van der Waals surface area contributed by atoms with Crippen LogP contribution in [-0.4, -0.2) is 20.6 Å². The summed E-state index contributed by atoms with van der Waals surface area (Å²) in [6, 6.07) is 1.25. The monoisotopic (exact) mass is 163 g/mol. The summed E-state index contributed by atoms with van der Waals surface area (Å²) in [6.45, 7) is 2.99. The molecule has 0 aromatic rings. The van der Waals surface area contributed by atoms with Gasteiger partial charge in [-0.3, -0.25) is 0 Å². The second-order valence-corrected chi connectivity index (χ2v) is 6.00. The maximum Gasteiger partial charge on any atom is 0.229 e. The molecule has 1 aliphatic heterocycles. The van der Waals surface area contributed by atoms with E-state index in [4.69, 9.17) is 16.0 Å². The van der Waals surface area contributed by atoms with Crippen LogP contribution in [-0.2, 0) is 4.43 Å². The van der Waals surface area contributed by atoms with E-state index in [1.807, 2.05) is 6.92 Å². The minimum absolute atomic E-state index is 0.287. The van der Waals surface area contributed by atoms with Gasteiger partial charge in [-0.1, -0.05) is 6.42 Å². The standard InChI is InChI=1S/C6H12ClOSi/c1-6(7)9-5-3-2-4-8-9/h6H,2-5H2,1H3. The molecule has 1 unspecified atom stereocenters. The van der Waals surface area contributed by atoms with Crippen LogP contribution in [0, 0.1) is 0 Å². The van der Waals surface area contributed by atoms with Crippen LogP contribution in [0.25, 0.3) is 0 Å². The number of alkyl halides is 1. The molecular formula is C6H12ClOSi. The Morgan fingerprint density at radius 2 is 2.33 bits per heavy atom. The zero-order chi connectivity index (χ0) is 6.69. The fourth-order valence-electron chi connectivity index (χ4n) is 0.990. The van der Waals surface area contributed by atoms with E-state index in [2.05, 4.69) is 0 Å². The third kappa shape index (κ3) is 2.28. The molecule has 0 amide bonds. The summed E-state index contributed by atoms with van der Waals surface area (Å²) in [6.07, 6.45) is 2.56. The molecule has 1 rings (SSSR count). The van der Waals surface area contributed by atoms with Crippen molar-refractivity contribution in [3.63, 3.8) is 0 Å². The van der Waals surface area contributed by atoms with Gasteiger partial charge in [0, 0.05) is 11.6 Å². The van der Waals surface area contributed by atoms with Gasteiger partial charge in [0.2, 0.25) is 9.04 Å². The van der Waals surface area contributed by atoms with Crippen LogP contribution in [0.1, 0.15) is 19.8 Å². The first-order valence-corrected chi connectivity index (χ1v) is 5.56. The third-order valence-electron chi connectivity index (χ3n) is 1.55. The van der Waals surface area contributed by atoms with E-state index in [0.717, 1.165) is 6.61 Å². The molecule has 0 aromatic carbocycles. The maximum atomic E-state index is 5.88. The molecule has 0 spiro atoms. The molecule has 0 aromatic heterocycles. The fraction of sp³-hybridized carbons (Fsp3) is 1.00. The Kier molecular flexibility index (Phi) is 3.02. The van der Waals surface area contributed by atoms with Gasteiger partial charge in [0.25, 0.3) is 0 Å². The minimum atomic E-state index is -0.600. The number of rotatable bonds is 1. The lowest BCUT2D eigenvalue weighted by Crippen LogP contribution is -2.31. The molecule has 0 aliphatic carbocycles. The molecule has 1 atom stereocenters. The highest BCUT2D eigenvalue weighted by atomic mass is 35.5. The van der Waals surface area contributed by atoms with E-state index in [-0.39, 0.29) is 5.00 Å². The third-order valence-corrected chi connectivity index (χ3v) is 4.59. The van der Waals surface area contributed by atoms with Gasteiger partial charge < -0.3 is 4.43 Å². The highest BCUT2D eigenvalue weighted by Gasteiger charge is 2.21. The predicted octanol–water partition coefficient (Wildman–Crippen LogP) is 1.95. The molecular weight excluding hydrogens is 152 g/mol. The quantitative estimate of drug-likeness (QED) is 0.424. The van der Waals surface area contributed by atoms with Crippen LogP contribution in [0.3, 0.4) is 0 Å². The minimum Gasteiger partial charge on any atom is -0.415 e. The molecule has 9 heavy (non-hydrogen) atoms. The number of hydrogen-bond donors (Lipinski definition) is 0. The second kappa shape index (κ2) is 3.59. The van der Waals surface area contributed by atoms with Gasteiger partial charge in [0.1, 0.15) is 0 Å². The van der Waals surface area contributed by atoms with Crippen LogP contribution in [0.5, 0.6) is 0 Å². The van der Waals surface area contributed by atoms with Gasteiger partial charge in [0.15, 0.2) is 0 Å². The van der Waals surface area contributed by atoms with Gasteiger partial charge in [-0.05, 0) is 19.4 Å². The zero-order valence-electron chi connectivity index (χ0n) is 5.69. The Morgan fingerprint density at radius 3 is 2.67 bits per heavy atom. The Morgan fingerprint density at radius 1 is 1.56 bits per heavy atom. The van der Waals surface area contributed by atoms with Crippen molar-refractivity contribution in [1.29, 1.82) is 0 Å². The molecule has 1 fully saturated rings. The van der Waals surface area contributed by atoms with E-state index in [1.54, 1.807) is 0 Å². The second-order valence-electron chi connectivity index (χ2n) is 2.39. The lowest BCUT2D eigenvalue weighted by Gasteiger charge is -2.21. The van der Waals surface area contributed by atoms with E-state index >= 15 is 0 Å². The molecule has 1 saturated heterocycles. The van der Waals surface area contributed by atoms with Crippen molar-refractivity contribution in [2.45, 2.75) is 30.8 Å². The summed E-state index contributed by atoms with van der Waals surface area (Å²) >= 11 is 5.88. The largest absolute Gasteiger partial charge is 0.415 e. The first kappa shape index (κ1) is 7.57. The van der Waals surface area contributed by atoms with Crippen LogP contribution in [0.2, 0.25) is 6.04 Å². The SMILES string of the molecule is CC(Cl)[Si]1CCCCO1. The Balaban J connectivity index is 2.23. The summed E-state index contributed by atoms with van der Waals surface area (Å²) in [5.41, 5.74) is 0. The summed E-state index contributed by atoms with van der Waals surface area (Å²) in [5, 5.41) is 0.287. The molecule has 1 radical (unpaired) electrons. The summed E-state index contributed by atoms with van der Waals surface area (Å²) in [7, 11) is -0.600. The van der Waals surface area contributed by atoms with Crippen molar-refractivity contribution < 1.29 is 4.43 Å². The van der Waals surface area contributed by atoms with E-state index in [0.29, 0.717) is 0 Å². The maximum absolute atomic E-state index is 5.88. The van der Waals surface area contributed by atoms with Crippen molar-refractivity contribution in [1.82, 2.24) is 0 Å². The molecule has 1 aliphatic rings. The predicted molar refractivity (Wildman–Crippen MR) is 41.1 cm³/mol. The Hall–Kier alpha value is 0.467. The van der Waals surface area contributed by atoms with Crippen molar-refractivity contribution in [2.24, 2.45) is 0 Å². The van der Waals surface area contributed by atoms with Crippen LogP contribution in [0.4, 0.5) is 0 Å². The van der Waals surface area contributed by atoms with Gasteiger partial charge >= 0.3 is 0 Å². The number of halogens is 1. The lowest BCUT2D eigenvalue weighted by molar-refractivity contribution is 0.286. The summed E-state index contributed by atoms with van der Waals surface area (Å²) < 4.78 is 5.51. The number of hydrogen-bond acceptors (Lipinski definition) is 1. The average molecular weight is 164 g/mol. The lowest BCUT2D eigenvalue weighted by atomic mass is 10.4. The summed E-state index contributed by atoms with van der Waals surface area (Å²) in [5.74, 6) is 0. The van der Waals surface area contributed by atoms with E-state index < -0.39 is 9.04 Å². The summed E-state index contributed by atoms with van der Waals surface area (Å²) in [4.78, 5) is 0. The van der Waals surface area contributed by atoms with Crippen LogP contribution >= 0.6 is 11.6 Å². The van der Waals surface area contributed by atoms with Crippen LogP contribution < -0.4 is 0 Å². The highest BCUT2D eigenvalue weighted by Crippen LogP contribution is 2.15. The molecule has 0 saturated carbocycles. The van der Waals surface area contributed by atoms with Crippen LogP contribution in [0.15, 0.2) is 0 Å². The molecule has 0 bridgehead atoms. The Labute approximate surface area is 63.1 Å². The molecule has 1 nitrogen and oxygen atoms in total. The van der Waals surface area contributed by atoms with Crippen molar-refractivity contribution in [3.8, 4) is 0 Å². The fourth-order valence-corrected chi connectivity index (χ4v) is 3.28. The Bertz CT molecular complexity index is 81.1. The molecule has 3 heteroatoms.